The molecule has 0 amide bonds. The number of nitrogens with zero attached hydrogens (tertiary/aromatic N) is 2. The minimum absolute atomic E-state index is 0.135. The molecule has 156 valence electrons. The molecule has 0 unspecified atom stereocenters. The summed E-state index contributed by atoms with van der Waals surface area (Å²) in [7, 11) is 1.64. The molecule has 0 saturated carbocycles. The Balaban J connectivity index is 1.68. The van der Waals surface area contributed by atoms with E-state index < -0.39 is 5.97 Å². The predicted molar refractivity (Wildman–Crippen MR) is 113 cm³/mol. The smallest absolute Gasteiger partial charge is 0.349 e. The number of Topliss-reactive ketones (excluding diaryl/α,β-unsaturated/α-hetero) is 1. The molecule has 3 rings (SSSR count). The fourth-order valence-electron chi connectivity index (χ4n) is 3.83. The molecule has 2 aromatic rings. The first kappa shape index (κ1) is 21.5. The van der Waals surface area contributed by atoms with E-state index in [4.69, 9.17) is 9.47 Å². The quantitative estimate of drug-likeness (QED) is 0.290. The lowest BCUT2D eigenvalue weighted by molar-refractivity contribution is -0.137. The fraction of sp³-hybridized carbons (Fsp3) is 0.375. The van der Waals surface area contributed by atoms with Crippen LogP contribution in [0.25, 0.3) is 6.08 Å². The van der Waals surface area contributed by atoms with E-state index >= 15 is 0 Å². The third kappa shape index (κ3) is 4.69. The minimum atomic E-state index is -0.797. The molecular weight excluding hydrogens is 380 g/mol. The maximum atomic E-state index is 12.4. The minimum Gasteiger partial charge on any atom is -0.453 e. The maximum absolute atomic E-state index is 12.4. The van der Waals surface area contributed by atoms with Gasteiger partial charge in [0.1, 0.15) is 11.6 Å². The van der Waals surface area contributed by atoms with E-state index in [-0.39, 0.29) is 18.0 Å². The summed E-state index contributed by atoms with van der Waals surface area (Å²) >= 11 is 0. The molecule has 30 heavy (non-hydrogen) atoms. The number of carbonyl (C=O) groups excluding carboxylic acids is 2. The van der Waals surface area contributed by atoms with E-state index in [0.29, 0.717) is 18.7 Å². The summed E-state index contributed by atoms with van der Waals surface area (Å²) in [6.07, 6.45) is 4.62. The van der Waals surface area contributed by atoms with Crippen molar-refractivity contribution in [3.8, 4) is 6.07 Å². The number of ketones is 1. The second-order valence-corrected chi connectivity index (χ2v) is 7.48. The van der Waals surface area contributed by atoms with Crippen LogP contribution in [0.3, 0.4) is 0 Å². The Kier molecular flexibility index (Phi) is 6.86. The molecule has 1 aliphatic carbocycles. The lowest BCUT2D eigenvalue weighted by Crippen LogP contribution is -2.15. The number of carbonyl (C=O) groups is 2. The lowest BCUT2D eigenvalue weighted by Gasteiger charge is -2.08. The van der Waals surface area contributed by atoms with Gasteiger partial charge >= 0.3 is 5.97 Å². The topological polar surface area (TPSA) is 81.3 Å². The zero-order valence-corrected chi connectivity index (χ0v) is 17.7. The molecule has 0 fully saturated rings. The van der Waals surface area contributed by atoms with Crippen molar-refractivity contribution < 1.29 is 19.1 Å². The van der Waals surface area contributed by atoms with Crippen LogP contribution < -0.4 is 0 Å². The van der Waals surface area contributed by atoms with Crippen LogP contribution in [0.15, 0.2) is 29.8 Å². The maximum Gasteiger partial charge on any atom is 0.349 e. The molecule has 1 aromatic heterocycles. The van der Waals surface area contributed by atoms with Crippen LogP contribution in [0.5, 0.6) is 0 Å². The number of hydrogen-bond donors (Lipinski definition) is 0. The number of methoxy groups -OCH3 is 1. The summed E-state index contributed by atoms with van der Waals surface area (Å²) in [6, 6.07) is 9.42. The van der Waals surface area contributed by atoms with Crippen molar-refractivity contribution in [1.29, 1.82) is 5.26 Å². The highest BCUT2D eigenvalue weighted by atomic mass is 16.5. The van der Waals surface area contributed by atoms with E-state index in [1.54, 1.807) is 13.2 Å². The van der Waals surface area contributed by atoms with Gasteiger partial charge in [-0.3, -0.25) is 4.79 Å². The lowest BCUT2D eigenvalue weighted by atomic mass is 10.0. The van der Waals surface area contributed by atoms with Crippen LogP contribution in [0, 0.1) is 25.2 Å². The molecule has 0 bridgehead atoms. The van der Waals surface area contributed by atoms with Gasteiger partial charge in [-0.1, -0.05) is 12.1 Å². The summed E-state index contributed by atoms with van der Waals surface area (Å²) in [4.78, 5) is 24.8. The molecule has 0 saturated heterocycles. The van der Waals surface area contributed by atoms with E-state index in [1.165, 1.54) is 17.2 Å². The Bertz CT molecular complexity index is 1040. The van der Waals surface area contributed by atoms with E-state index in [0.717, 1.165) is 36.2 Å². The molecule has 0 spiro atoms. The second kappa shape index (κ2) is 9.55. The Morgan fingerprint density at radius 3 is 2.70 bits per heavy atom. The summed E-state index contributed by atoms with van der Waals surface area (Å²) in [5.41, 5.74) is 5.57. The number of ether oxygens (including phenoxy) is 2. The van der Waals surface area contributed by atoms with Gasteiger partial charge in [0, 0.05) is 30.6 Å². The Labute approximate surface area is 176 Å². The number of esters is 1. The number of fused-ring (bicyclic) bond motifs is 1. The van der Waals surface area contributed by atoms with Gasteiger partial charge in [-0.25, -0.2) is 4.79 Å². The van der Waals surface area contributed by atoms with Crippen molar-refractivity contribution in [2.24, 2.45) is 0 Å². The summed E-state index contributed by atoms with van der Waals surface area (Å²) < 4.78 is 12.3. The third-order valence-electron chi connectivity index (χ3n) is 5.53. The first-order valence-electron chi connectivity index (χ1n) is 10.0. The SMILES string of the molecule is COCCn1c(C)cc(/C=C(\C#N)C(=O)OCC(=O)c2ccc3c(c2)CCC3)c1C. The van der Waals surface area contributed by atoms with E-state index in [2.05, 4.69) is 4.57 Å². The van der Waals surface area contributed by atoms with Crippen molar-refractivity contribution in [3.05, 3.63) is 63.5 Å². The van der Waals surface area contributed by atoms with Gasteiger partial charge in [0.15, 0.2) is 12.4 Å². The fourth-order valence-corrected chi connectivity index (χ4v) is 3.83. The first-order valence-corrected chi connectivity index (χ1v) is 10.0. The van der Waals surface area contributed by atoms with Crippen molar-refractivity contribution in [2.75, 3.05) is 20.3 Å². The second-order valence-electron chi connectivity index (χ2n) is 7.48. The van der Waals surface area contributed by atoms with Crippen LogP contribution >= 0.6 is 0 Å². The van der Waals surface area contributed by atoms with Crippen LogP contribution in [-0.4, -0.2) is 36.6 Å². The zero-order chi connectivity index (χ0) is 21.7. The van der Waals surface area contributed by atoms with Gasteiger partial charge < -0.3 is 14.0 Å². The summed E-state index contributed by atoms with van der Waals surface area (Å²) in [6.45, 7) is 4.75. The Morgan fingerprint density at radius 1 is 1.20 bits per heavy atom. The number of benzene rings is 1. The Hall–Kier alpha value is -3.17. The first-order chi connectivity index (χ1) is 14.4. The highest BCUT2D eigenvalue weighted by molar-refractivity contribution is 6.02. The van der Waals surface area contributed by atoms with Gasteiger partial charge in [0.05, 0.1) is 6.61 Å². The number of hydrogen-bond acceptors (Lipinski definition) is 5. The summed E-state index contributed by atoms with van der Waals surface area (Å²) in [5, 5.41) is 9.42. The molecular formula is C24H26N2O4. The average molecular weight is 406 g/mol. The van der Waals surface area contributed by atoms with Gasteiger partial charge in [-0.15, -0.1) is 0 Å². The van der Waals surface area contributed by atoms with E-state index in [9.17, 15) is 14.9 Å². The molecule has 1 aliphatic rings. The molecule has 1 heterocycles. The Morgan fingerprint density at radius 2 is 1.97 bits per heavy atom. The zero-order valence-electron chi connectivity index (χ0n) is 17.7. The van der Waals surface area contributed by atoms with E-state index in [1.807, 2.05) is 38.1 Å². The molecule has 6 nitrogen and oxygen atoms in total. The van der Waals surface area contributed by atoms with Crippen LogP contribution in [-0.2, 0) is 33.7 Å². The summed E-state index contributed by atoms with van der Waals surface area (Å²) in [5.74, 6) is -1.07. The molecule has 0 atom stereocenters. The standard InChI is InChI=1S/C24H26N2O4/c1-16-11-21(17(2)26(16)9-10-29-3)13-22(14-25)24(28)30-15-23(27)20-8-7-18-5-4-6-19(18)12-20/h7-8,11-13H,4-6,9-10,15H2,1-3H3/b22-13+. The molecule has 1 aromatic carbocycles. The molecule has 0 radical (unpaired) electrons. The normalized spacial score (nSPS) is 13.1. The van der Waals surface area contributed by atoms with Crippen LogP contribution in [0.4, 0.5) is 0 Å². The highest BCUT2D eigenvalue weighted by Crippen LogP contribution is 2.23. The van der Waals surface area contributed by atoms with Crippen molar-refractivity contribution in [3.63, 3.8) is 0 Å². The van der Waals surface area contributed by atoms with Crippen LogP contribution in [0.1, 0.15) is 44.9 Å². The molecule has 6 heteroatoms. The largest absolute Gasteiger partial charge is 0.453 e. The highest BCUT2D eigenvalue weighted by Gasteiger charge is 2.18. The van der Waals surface area contributed by atoms with Crippen molar-refractivity contribution in [2.45, 2.75) is 39.7 Å². The number of aromatic nitrogens is 1. The molecule has 0 N–H and O–H groups in total. The van der Waals surface area contributed by atoms with Gasteiger partial charge in [-0.05, 0) is 68.0 Å². The predicted octanol–water partition coefficient (Wildman–Crippen LogP) is 3.57. The number of rotatable bonds is 8. The van der Waals surface area contributed by atoms with Crippen molar-refractivity contribution in [1.82, 2.24) is 4.57 Å². The van der Waals surface area contributed by atoms with Crippen LogP contribution in [0.2, 0.25) is 0 Å². The average Bonchev–Trinajstić information content (AvgIpc) is 3.32. The van der Waals surface area contributed by atoms with Crippen molar-refractivity contribution >= 4 is 17.8 Å². The van der Waals surface area contributed by atoms with Gasteiger partial charge in [0.2, 0.25) is 0 Å². The third-order valence-corrected chi connectivity index (χ3v) is 5.53. The monoisotopic (exact) mass is 406 g/mol. The van der Waals surface area contributed by atoms with Gasteiger partial charge in [0.25, 0.3) is 0 Å². The van der Waals surface area contributed by atoms with Gasteiger partial charge in [-0.2, -0.15) is 5.26 Å². The number of nitriles is 1. The number of aryl methyl sites for hydroxylation is 3. The molecule has 0 aliphatic heterocycles.